The van der Waals surface area contributed by atoms with Crippen LogP contribution in [0.15, 0.2) is 0 Å². The number of unbranched alkanes of at least 4 members (excludes halogenated alkanes) is 3. The van der Waals surface area contributed by atoms with Crippen LogP contribution in [-0.4, -0.2) is 48.6 Å². The van der Waals surface area contributed by atoms with Crippen LogP contribution in [0.2, 0.25) is 18.1 Å². The Kier molecular flexibility index (Phi) is 11.6. The summed E-state index contributed by atoms with van der Waals surface area (Å²) in [6, 6.07) is 0. The van der Waals surface area contributed by atoms with E-state index < -0.39 is 8.32 Å². The SMILES string of the molecule is COCCOCOCCCCCCO[Si](C)(C)C(C)(C)C. The van der Waals surface area contributed by atoms with Gasteiger partial charge >= 0.3 is 0 Å². The van der Waals surface area contributed by atoms with Gasteiger partial charge in [-0.3, -0.25) is 0 Å². The molecule has 0 aliphatic heterocycles. The second-order valence-corrected chi connectivity index (χ2v) is 11.8. The van der Waals surface area contributed by atoms with Crippen molar-refractivity contribution in [3.8, 4) is 0 Å². The predicted octanol–water partition coefficient (Wildman–Crippen LogP) is 4.21. The molecule has 0 bridgehead atoms. The maximum absolute atomic E-state index is 6.15. The number of hydrogen-bond acceptors (Lipinski definition) is 4. The van der Waals surface area contributed by atoms with Gasteiger partial charge < -0.3 is 18.6 Å². The quantitative estimate of drug-likeness (QED) is 0.289. The van der Waals surface area contributed by atoms with E-state index in [4.69, 9.17) is 18.6 Å². The molecule has 0 spiro atoms. The minimum atomic E-state index is -1.55. The molecule has 21 heavy (non-hydrogen) atoms. The molecular weight excluding hydrogens is 284 g/mol. The van der Waals surface area contributed by atoms with Crippen LogP contribution in [0, 0.1) is 0 Å². The molecular formula is C16H36O4Si. The van der Waals surface area contributed by atoms with E-state index in [2.05, 4.69) is 33.9 Å². The minimum absolute atomic E-state index is 0.309. The average Bonchev–Trinajstić information content (AvgIpc) is 2.38. The van der Waals surface area contributed by atoms with Gasteiger partial charge in [-0.05, 0) is 31.0 Å². The first-order valence-corrected chi connectivity index (χ1v) is 11.0. The fraction of sp³-hybridized carbons (Fsp3) is 1.00. The molecule has 0 unspecified atom stereocenters. The van der Waals surface area contributed by atoms with E-state index in [1.807, 2.05) is 0 Å². The standard InChI is InChI=1S/C16H36O4Si/c1-16(2,3)21(5,6)20-12-10-8-7-9-11-18-15-19-14-13-17-4/h7-15H2,1-6H3. The van der Waals surface area contributed by atoms with Crippen molar-refractivity contribution in [2.75, 3.05) is 40.3 Å². The molecule has 0 amide bonds. The van der Waals surface area contributed by atoms with Gasteiger partial charge in [-0.1, -0.05) is 33.6 Å². The zero-order valence-corrected chi connectivity index (χ0v) is 16.0. The highest BCUT2D eigenvalue weighted by Gasteiger charge is 2.36. The molecule has 0 heterocycles. The van der Waals surface area contributed by atoms with Gasteiger partial charge in [0.25, 0.3) is 0 Å². The molecule has 0 rings (SSSR count). The van der Waals surface area contributed by atoms with Crippen LogP contribution >= 0.6 is 0 Å². The van der Waals surface area contributed by atoms with Gasteiger partial charge in [0.2, 0.25) is 0 Å². The van der Waals surface area contributed by atoms with Gasteiger partial charge in [0.1, 0.15) is 6.79 Å². The summed E-state index contributed by atoms with van der Waals surface area (Å²) < 4.78 is 21.6. The lowest BCUT2D eigenvalue weighted by molar-refractivity contribution is -0.0664. The Bertz CT molecular complexity index is 239. The van der Waals surface area contributed by atoms with Gasteiger partial charge in [-0.2, -0.15) is 0 Å². The Balaban J connectivity index is 3.30. The van der Waals surface area contributed by atoms with E-state index >= 15 is 0 Å². The lowest BCUT2D eigenvalue weighted by Gasteiger charge is -2.36. The summed E-state index contributed by atoms with van der Waals surface area (Å²) in [4.78, 5) is 0. The van der Waals surface area contributed by atoms with Crippen LogP contribution in [-0.2, 0) is 18.6 Å². The lowest BCUT2D eigenvalue weighted by Crippen LogP contribution is -2.40. The molecule has 0 saturated heterocycles. The molecule has 0 atom stereocenters. The fourth-order valence-corrected chi connectivity index (χ4v) is 2.61. The molecule has 0 fully saturated rings. The summed E-state index contributed by atoms with van der Waals surface area (Å²) in [6.45, 7) is 14.7. The first kappa shape index (κ1) is 21.1. The first-order chi connectivity index (χ1) is 9.81. The van der Waals surface area contributed by atoms with Crippen molar-refractivity contribution in [2.45, 2.75) is 64.6 Å². The highest BCUT2D eigenvalue weighted by molar-refractivity contribution is 6.74. The maximum atomic E-state index is 6.15. The van der Waals surface area contributed by atoms with Crippen molar-refractivity contribution < 1.29 is 18.6 Å². The molecule has 0 radical (unpaired) electrons. The largest absolute Gasteiger partial charge is 0.417 e. The summed E-state index contributed by atoms with van der Waals surface area (Å²) in [5, 5.41) is 0.309. The van der Waals surface area contributed by atoms with Gasteiger partial charge in [-0.25, -0.2) is 0 Å². The summed E-state index contributed by atoms with van der Waals surface area (Å²) in [5.74, 6) is 0. The summed E-state index contributed by atoms with van der Waals surface area (Å²) >= 11 is 0. The van der Waals surface area contributed by atoms with Crippen molar-refractivity contribution in [1.82, 2.24) is 0 Å². The van der Waals surface area contributed by atoms with Crippen molar-refractivity contribution in [3.63, 3.8) is 0 Å². The third-order valence-electron chi connectivity index (χ3n) is 4.05. The second-order valence-electron chi connectivity index (χ2n) is 6.95. The van der Waals surface area contributed by atoms with Gasteiger partial charge in [0.05, 0.1) is 13.2 Å². The number of rotatable bonds is 13. The zero-order valence-electron chi connectivity index (χ0n) is 15.0. The maximum Gasteiger partial charge on any atom is 0.191 e. The number of hydrogen-bond donors (Lipinski definition) is 0. The Morgan fingerprint density at radius 1 is 0.762 bits per heavy atom. The Hall–Kier alpha value is 0.0569. The average molecular weight is 321 g/mol. The first-order valence-electron chi connectivity index (χ1n) is 8.09. The topological polar surface area (TPSA) is 36.9 Å². The summed E-state index contributed by atoms with van der Waals surface area (Å²) in [5.41, 5.74) is 0. The molecule has 5 heteroatoms. The summed E-state index contributed by atoms with van der Waals surface area (Å²) in [7, 11) is 0.112. The summed E-state index contributed by atoms with van der Waals surface area (Å²) in [6.07, 6.45) is 4.64. The normalized spacial score (nSPS) is 12.9. The van der Waals surface area contributed by atoms with E-state index in [0.717, 1.165) is 26.1 Å². The van der Waals surface area contributed by atoms with Crippen LogP contribution in [0.1, 0.15) is 46.5 Å². The number of ether oxygens (including phenoxy) is 3. The molecule has 128 valence electrons. The third kappa shape index (κ3) is 11.3. The van der Waals surface area contributed by atoms with Crippen LogP contribution in [0.5, 0.6) is 0 Å². The predicted molar refractivity (Wildman–Crippen MR) is 90.3 cm³/mol. The Labute approximate surface area is 132 Å². The van der Waals surface area contributed by atoms with Crippen LogP contribution in [0.3, 0.4) is 0 Å². The van der Waals surface area contributed by atoms with E-state index in [9.17, 15) is 0 Å². The zero-order chi connectivity index (χ0) is 16.2. The van der Waals surface area contributed by atoms with E-state index in [1.165, 1.54) is 12.8 Å². The molecule has 0 aromatic rings. The van der Waals surface area contributed by atoms with Crippen LogP contribution in [0.4, 0.5) is 0 Å². The van der Waals surface area contributed by atoms with Gasteiger partial charge in [0, 0.05) is 20.3 Å². The van der Waals surface area contributed by atoms with Crippen molar-refractivity contribution in [1.29, 1.82) is 0 Å². The highest BCUT2D eigenvalue weighted by Crippen LogP contribution is 2.36. The van der Waals surface area contributed by atoms with Crippen LogP contribution in [0.25, 0.3) is 0 Å². The van der Waals surface area contributed by atoms with E-state index in [1.54, 1.807) is 7.11 Å². The molecule has 0 aliphatic carbocycles. The Morgan fingerprint density at radius 2 is 1.33 bits per heavy atom. The van der Waals surface area contributed by atoms with E-state index in [0.29, 0.717) is 25.0 Å². The Morgan fingerprint density at radius 3 is 1.90 bits per heavy atom. The molecule has 0 aromatic heterocycles. The molecule has 0 aromatic carbocycles. The van der Waals surface area contributed by atoms with Gasteiger partial charge in [-0.15, -0.1) is 0 Å². The van der Waals surface area contributed by atoms with Gasteiger partial charge in [0.15, 0.2) is 8.32 Å². The fourth-order valence-electron chi connectivity index (χ4n) is 1.52. The third-order valence-corrected chi connectivity index (χ3v) is 8.59. The molecule has 0 aliphatic rings. The highest BCUT2D eigenvalue weighted by atomic mass is 28.4. The minimum Gasteiger partial charge on any atom is -0.417 e. The smallest absolute Gasteiger partial charge is 0.191 e. The number of methoxy groups -OCH3 is 1. The molecule has 4 nitrogen and oxygen atoms in total. The monoisotopic (exact) mass is 320 g/mol. The van der Waals surface area contributed by atoms with Crippen molar-refractivity contribution in [2.24, 2.45) is 0 Å². The van der Waals surface area contributed by atoms with Crippen LogP contribution < -0.4 is 0 Å². The molecule has 0 N–H and O–H groups in total. The lowest BCUT2D eigenvalue weighted by atomic mass is 10.2. The molecule has 0 saturated carbocycles. The van der Waals surface area contributed by atoms with Crippen molar-refractivity contribution in [3.05, 3.63) is 0 Å². The van der Waals surface area contributed by atoms with E-state index in [-0.39, 0.29) is 0 Å². The second kappa shape index (κ2) is 11.6. The van der Waals surface area contributed by atoms with Crippen molar-refractivity contribution >= 4 is 8.32 Å².